The summed E-state index contributed by atoms with van der Waals surface area (Å²) in [5, 5.41) is 22.2. The van der Waals surface area contributed by atoms with E-state index in [2.05, 4.69) is 28.5 Å². The fourth-order valence-corrected chi connectivity index (χ4v) is 3.49. The van der Waals surface area contributed by atoms with Gasteiger partial charge in [0.2, 0.25) is 0 Å². The maximum atomic E-state index is 9.97. The van der Waals surface area contributed by atoms with Crippen LogP contribution in [-0.2, 0) is 6.42 Å². The van der Waals surface area contributed by atoms with Gasteiger partial charge in [-0.2, -0.15) is 0 Å². The summed E-state index contributed by atoms with van der Waals surface area (Å²) in [7, 11) is 0. The van der Waals surface area contributed by atoms with Crippen molar-refractivity contribution in [2.75, 3.05) is 5.32 Å². The van der Waals surface area contributed by atoms with Crippen molar-refractivity contribution >= 4 is 5.82 Å². The maximum Gasteiger partial charge on any atom is 0.152 e. The summed E-state index contributed by atoms with van der Waals surface area (Å²) in [5.41, 5.74) is 2.81. The lowest BCUT2D eigenvalue weighted by Crippen LogP contribution is -2.44. The number of nitrogens with zero attached hydrogens (tertiary/aromatic N) is 2. The first kappa shape index (κ1) is 12.6. The Morgan fingerprint density at radius 2 is 2.05 bits per heavy atom. The van der Waals surface area contributed by atoms with Gasteiger partial charge in [0.05, 0.1) is 5.69 Å². The summed E-state index contributed by atoms with van der Waals surface area (Å²) < 4.78 is 0. The van der Waals surface area contributed by atoms with Crippen LogP contribution < -0.4 is 5.32 Å². The van der Waals surface area contributed by atoms with E-state index < -0.39 is 0 Å². The van der Waals surface area contributed by atoms with Gasteiger partial charge in [-0.1, -0.05) is 18.6 Å². The average molecular weight is 281 g/mol. The van der Waals surface area contributed by atoms with E-state index in [1.807, 2.05) is 18.2 Å². The summed E-state index contributed by atoms with van der Waals surface area (Å²) in [6.45, 7) is 2.29. The summed E-state index contributed by atoms with van der Waals surface area (Å²) >= 11 is 0. The van der Waals surface area contributed by atoms with Crippen LogP contribution >= 0.6 is 0 Å². The molecule has 1 unspecified atom stereocenters. The Kier molecular flexibility index (Phi) is 2.67. The van der Waals surface area contributed by atoms with Gasteiger partial charge in [0.15, 0.2) is 5.82 Å². The zero-order valence-electron chi connectivity index (χ0n) is 12.1. The number of benzene rings is 1. The van der Waals surface area contributed by atoms with Gasteiger partial charge in [-0.05, 0) is 50.3 Å². The first-order valence-electron chi connectivity index (χ1n) is 7.59. The number of phenolic OH excluding ortho intramolecular Hbond substituents is 1. The first-order chi connectivity index (χ1) is 10.2. The number of anilines is 1. The molecule has 0 radical (unpaired) electrons. The number of phenols is 1. The molecule has 1 aliphatic heterocycles. The van der Waals surface area contributed by atoms with Gasteiger partial charge in [0, 0.05) is 16.7 Å². The molecule has 21 heavy (non-hydrogen) atoms. The number of aromatic nitrogens is 2. The van der Waals surface area contributed by atoms with Crippen LogP contribution in [0.2, 0.25) is 0 Å². The van der Waals surface area contributed by atoms with Crippen LogP contribution in [0.4, 0.5) is 5.82 Å². The number of aromatic hydroxyl groups is 1. The Morgan fingerprint density at radius 3 is 2.76 bits per heavy atom. The van der Waals surface area contributed by atoms with Crippen molar-refractivity contribution in [3.05, 3.63) is 35.9 Å². The largest absolute Gasteiger partial charge is 0.507 e. The fraction of sp³-hybridized carbons (Fsp3) is 0.412. The second kappa shape index (κ2) is 4.45. The van der Waals surface area contributed by atoms with E-state index in [4.69, 9.17) is 0 Å². The number of fused-ring (bicyclic) bond motifs is 1. The Morgan fingerprint density at radius 1 is 1.24 bits per heavy atom. The quantitative estimate of drug-likeness (QED) is 0.886. The van der Waals surface area contributed by atoms with Crippen molar-refractivity contribution in [2.45, 2.75) is 38.1 Å². The molecular formula is C17H19N3O. The highest BCUT2D eigenvalue weighted by atomic mass is 16.3. The molecule has 4 heteroatoms. The van der Waals surface area contributed by atoms with Gasteiger partial charge in [0.1, 0.15) is 5.75 Å². The summed E-state index contributed by atoms with van der Waals surface area (Å²) in [6.07, 6.45) is 4.94. The van der Waals surface area contributed by atoms with Crippen LogP contribution in [0.1, 0.15) is 31.7 Å². The number of nitrogens with one attached hydrogen (secondary N) is 1. The molecule has 1 aromatic heterocycles. The van der Waals surface area contributed by atoms with Gasteiger partial charge in [0.25, 0.3) is 0 Å². The number of para-hydroxylation sites is 1. The number of hydrogen-bond donors (Lipinski definition) is 2. The topological polar surface area (TPSA) is 58.0 Å². The summed E-state index contributed by atoms with van der Waals surface area (Å²) in [6, 6.07) is 9.34. The molecule has 2 N–H and O–H groups in total. The molecule has 1 atom stereocenters. The van der Waals surface area contributed by atoms with Gasteiger partial charge in [-0.25, -0.2) is 0 Å². The highest BCUT2D eigenvalue weighted by Crippen LogP contribution is 2.44. The minimum atomic E-state index is 0.118. The van der Waals surface area contributed by atoms with Crippen molar-refractivity contribution in [3.8, 4) is 17.0 Å². The van der Waals surface area contributed by atoms with E-state index in [0.717, 1.165) is 29.4 Å². The van der Waals surface area contributed by atoms with Crippen LogP contribution in [0.25, 0.3) is 11.3 Å². The second-order valence-electron chi connectivity index (χ2n) is 6.47. The molecule has 0 saturated heterocycles. The molecule has 2 heterocycles. The molecule has 1 aromatic carbocycles. The highest BCUT2D eigenvalue weighted by Gasteiger charge is 2.42. The van der Waals surface area contributed by atoms with E-state index in [9.17, 15) is 5.11 Å². The standard InChI is InChI=1S/C17H19N3O/c1-17(12-5-4-6-12)10-11-9-14(19-20-16(11)18-17)13-7-2-3-8-15(13)21/h2-3,7-9,12,21H,4-6,10H2,1H3,(H,18,20). The smallest absolute Gasteiger partial charge is 0.152 e. The minimum absolute atomic E-state index is 0.118. The Bertz CT molecular complexity index is 696. The van der Waals surface area contributed by atoms with Crippen molar-refractivity contribution in [1.82, 2.24) is 10.2 Å². The highest BCUT2D eigenvalue weighted by molar-refractivity contribution is 5.69. The van der Waals surface area contributed by atoms with Gasteiger partial charge in [-0.3, -0.25) is 0 Å². The molecule has 4 nitrogen and oxygen atoms in total. The lowest BCUT2D eigenvalue weighted by atomic mass is 9.70. The lowest BCUT2D eigenvalue weighted by Gasteiger charge is -2.40. The molecule has 2 aliphatic rings. The molecule has 0 amide bonds. The van der Waals surface area contributed by atoms with Crippen molar-refractivity contribution in [3.63, 3.8) is 0 Å². The predicted octanol–water partition coefficient (Wildman–Crippen LogP) is 3.38. The summed E-state index contributed by atoms with van der Waals surface area (Å²) in [5.74, 6) is 1.89. The van der Waals surface area contributed by atoms with E-state index >= 15 is 0 Å². The lowest BCUT2D eigenvalue weighted by molar-refractivity contribution is 0.206. The van der Waals surface area contributed by atoms with Crippen molar-refractivity contribution in [2.24, 2.45) is 5.92 Å². The molecule has 0 spiro atoms. The Balaban J connectivity index is 1.68. The Hall–Kier alpha value is -2.10. The molecule has 2 aromatic rings. The predicted molar refractivity (Wildman–Crippen MR) is 82.2 cm³/mol. The fourth-order valence-electron chi connectivity index (χ4n) is 3.49. The van der Waals surface area contributed by atoms with E-state index in [1.54, 1.807) is 6.07 Å². The summed E-state index contributed by atoms with van der Waals surface area (Å²) in [4.78, 5) is 0. The molecular weight excluding hydrogens is 262 g/mol. The second-order valence-corrected chi connectivity index (χ2v) is 6.47. The molecule has 4 rings (SSSR count). The zero-order valence-corrected chi connectivity index (χ0v) is 12.1. The number of rotatable bonds is 2. The van der Waals surface area contributed by atoms with Crippen LogP contribution in [0, 0.1) is 5.92 Å². The normalized spacial score (nSPS) is 24.2. The maximum absolute atomic E-state index is 9.97. The van der Waals surface area contributed by atoms with Crippen LogP contribution in [0.5, 0.6) is 5.75 Å². The van der Waals surface area contributed by atoms with Gasteiger partial charge in [-0.15, -0.1) is 10.2 Å². The molecule has 0 bridgehead atoms. The molecule has 1 fully saturated rings. The third kappa shape index (κ3) is 1.97. The van der Waals surface area contributed by atoms with Crippen LogP contribution in [0.3, 0.4) is 0 Å². The average Bonchev–Trinajstić information content (AvgIpc) is 2.72. The first-order valence-corrected chi connectivity index (χ1v) is 7.59. The van der Waals surface area contributed by atoms with Gasteiger partial charge >= 0.3 is 0 Å². The van der Waals surface area contributed by atoms with E-state index in [-0.39, 0.29) is 11.3 Å². The Labute approximate surface area is 124 Å². The molecule has 1 saturated carbocycles. The van der Waals surface area contributed by atoms with Gasteiger partial charge < -0.3 is 10.4 Å². The third-order valence-corrected chi connectivity index (χ3v) is 5.02. The molecule has 108 valence electrons. The SMILES string of the molecule is CC1(C2CCC2)Cc2cc(-c3ccccc3O)nnc2N1. The van der Waals surface area contributed by atoms with Crippen LogP contribution in [-0.4, -0.2) is 20.8 Å². The van der Waals surface area contributed by atoms with E-state index in [1.165, 1.54) is 24.8 Å². The van der Waals surface area contributed by atoms with Crippen molar-refractivity contribution in [1.29, 1.82) is 0 Å². The minimum Gasteiger partial charge on any atom is -0.507 e. The zero-order chi connectivity index (χ0) is 14.4. The van der Waals surface area contributed by atoms with Crippen LogP contribution in [0.15, 0.2) is 30.3 Å². The van der Waals surface area contributed by atoms with Crippen molar-refractivity contribution < 1.29 is 5.11 Å². The molecule has 1 aliphatic carbocycles. The number of hydrogen-bond acceptors (Lipinski definition) is 4. The van der Waals surface area contributed by atoms with E-state index in [0.29, 0.717) is 0 Å². The monoisotopic (exact) mass is 281 g/mol. The third-order valence-electron chi connectivity index (χ3n) is 5.02.